The Labute approximate surface area is 106 Å². The van der Waals surface area contributed by atoms with Crippen LogP contribution in [-0.2, 0) is 9.68 Å². The van der Waals surface area contributed by atoms with E-state index in [2.05, 4.69) is 0 Å². The molecule has 0 aliphatic carbocycles. The molecule has 94 valence electrons. The lowest BCUT2D eigenvalue weighted by Gasteiger charge is -2.18. The highest BCUT2D eigenvalue weighted by molar-refractivity contribution is 6.30. The minimum absolute atomic E-state index is 0.347. The molecule has 0 bridgehead atoms. The molecule has 0 spiro atoms. The molecule has 0 atom stereocenters. The normalized spacial score (nSPS) is 10.3. The summed E-state index contributed by atoms with van der Waals surface area (Å²) in [6.45, 7) is 2.49. The Kier molecular flexibility index (Phi) is 5.97. The highest BCUT2D eigenvalue weighted by Gasteiger charge is 2.16. The van der Waals surface area contributed by atoms with Crippen molar-refractivity contribution in [3.05, 3.63) is 34.9 Å². The molecule has 0 aliphatic rings. The van der Waals surface area contributed by atoms with Gasteiger partial charge in [-0.05, 0) is 30.7 Å². The number of halogens is 1. The lowest BCUT2D eigenvalue weighted by atomic mass is 10.2. The van der Waals surface area contributed by atoms with Gasteiger partial charge in [0.2, 0.25) is 0 Å². The van der Waals surface area contributed by atoms with Gasteiger partial charge < -0.3 is 0 Å². The predicted molar refractivity (Wildman–Crippen MR) is 65.5 cm³/mol. The van der Waals surface area contributed by atoms with Crippen LogP contribution in [0, 0.1) is 0 Å². The van der Waals surface area contributed by atoms with Crippen LogP contribution in [0.5, 0.6) is 0 Å². The summed E-state index contributed by atoms with van der Waals surface area (Å²) in [6.07, 6.45) is 1.86. The topological polar surface area (TPSA) is 38.8 Å². The number of amides is 1. The highest BCUT2D eigenvalue weighted by atomic mass is 35.5. The Balaban J connectivity index is 2.62. The molecular formula is C12H16ClNO3. The van der Waals surface area contributed by atoms with Gasteiger partial charge in [-0.1, -0.05) is 30.2 Å². The maximum atomic E-state index is 11.9. The van der Waals surface area contributed by atoms with E-state index in [1.54, 1.807) is 24.3 Å². The van der Waals surface area contributed by atoms with E-state index in [1.807, 2.05) is 6.92 Å². The van der Waals surface area contributed by atoms with E-state index >= 15 is 0 Å². The zero-order valence-electron chi connectivity index (χ0n) is 9.98. The Morgan fingerprint density at radius 2 is 2.00 bits per heavy atom. The van der Waals surface area contributed by atoms with E-state index < -0.39 is 0 Å². The number of carbonyl (C=O) groups excluding carboxylic acids is 1. The molecule has 0 saturated heterocycles. The Morgan fingerprint density at radius 3 is 2.53 bits per heavy atom. The fourth-order valence-corrected chi connectivity index (χ4v) is 1.31. The Hall–Kier alpha value is -1.10. The second-order valence-corrected chi connectivity index (χ2v) is 3.87. The van der Waals surface area contributed by atoms with Gasteiger partial charge in [0.25, 0.3) is 0 Å². The van der Waals surface area contributed by atoms with Crippen LogP contribution in [0.15, 0.2) is 24.3 Å². The molecule has 17 heavy (non-hydrogen) atoms. The summed E-state index contributed by atoms with van der Waals surface area (Å²) in [4.78, 5) is 22.0. The van der Waals surface area contributed by atoms with Crippen LogP contribution < -0.4 is 0 Å². The van der Waals surface area contributed by atoms with Crippen molar-refractivity contribution < 1.29 is 14.5 Å². The first-order valence-corrected chi connectivity index (χ1v) is 5.84. The molecule has 0 aliphatic heterocycles. The number of hydrogen-bond donors (Lipinski definition) is 0. The van der Waals surface area contributed by atoms with Crippen LogP contribution in [0.4, 0.5) is 0 Å². The third-order valence-electron chi connectivity index (χ3n) is 2.13. The molecule has 0 fully saturated rings. The van der Waals surface area contributed by atoms with Crippen molar-refractivity contribution in [1.29, 1.82) is 0 Å². The van der Waals surface area contributed by atoms with Crippen LogP contribution in [0.2, 0.25) is 5.02 Å². The van der Waals surface area contributed by atoms with Crippen molar-refractivity contribution in [3.63, 3.8) is 0 Å². The van der Waals surface area contributed by atoms with Crippen molar-refractivity contribution in [2.24, 2.45) is 0 Å². The van der Waals surface area contributed by atoms with Crippen LogP contribution in [0.3, 0.4) is 0 Å². The minimum atomic E-state index is -0.347. The van der Waals surface area contributed by atoms with Crippen LogP contribution in [-0.4, -0.2) is 24.9 Å². The van der Waals surface area contributed by atoms with Gasteiger partial charge in [-0.25, -0.2) is 9.68 Å². The fourth-order valence-electron chi connectivity index (χ4n) is 1.18. The monoisotopic (exact) mass is 257 g/mol. The molecule has 1 aromatic carbocycles. The molecule has 1 aromatic rings. The van der Waals surface area contributed by atoms with Crippen molar-refractivity contribution in [1.82, 2.24) is 5.23 Å². The smallest absolute Gasteiger partial charge is 0.264 e. The average molecular weight is 258 g/mol. The lowest BCUT2D eigenvalue weighted by Crippen LogP contribution is -2.30. The van der Waals surface area contributed by atoms with Crippen LogP contribution in [0.1, 0.15) is 30.1 Å². The number of hydroxylamine groups is 2. The van der Waals surface area contributed by atoms with Crippen LogP contribution in [0.25, 0.3) is 0 Å². The van der Waals surface area contributed by atoms with Crippen molar-refractivity contribution in [2.75, 3.05) is 13.7 Å². The summed E-state index contributed by atoms with van der Waals surface area (Å²) in [5.74, 6) is -0.347. The number of nitrogens with zero attached hydrogens (tertiary/aromatic N) is 1. The maximum absolute atomic E-state index is 11.9. The number of rotatable bonds is 6. The second-order valence-electron chi connectivity index (χ2n) is 3.44. The first-order valence-electron chi connectivity index (χ1n) is 5.46. The molecule has 0 aromatic heterocycles. The zero-order valence-corrected chi connectivity index (χ0v) is 10.7. The van der Waals surface area contributed by atoms with E-state index in [0.717, 1.165) is 18.1 Å². The summed E-state index contributed by atoms with van der Waals surface area (Å²) in [7, 11) is 1.39. The van der Waals surface area contributed by atoms with E-state index in [9.17, 15) is 4.79 Å². The molecule has 0 unspecified atom stereocenters. The third kappa shape index (κ3) is 4.34. The van der Waals surface area contributed by atoms with Gasteiger partial charge >= 0.3 is 5.91 Å². The molecule has 0 heterocycles. The quantitative estimate of drug-likeness (QED) is 0.581. The number of hydrogen-bond acceptors (Lipinski definition) is 3. The Morgan fingerprint density at radius 1 is 1.35 bits per heavy atom. The van der Waals surface area contributed by atoms with Gasteiger partial charge in [0.05, 0.1) is 13.7 Å². The van der Waals surface area contributed by atoms with Crippen LogP contribution >= 0.6 is 11.6 Å². The van der Waals surface area contributed by atoms with Crippen molar-refractivity contribution in [2.45, 2.75) is 19.8 Å². The average Bonchev–Trinajstić information content (AvgIpc) is 2.35. The first-order chi connectivity index (χ1) is 8.19. The summed E-state index contributed by atoms with van der Waals surface area (Å²) in [5, 5.41) is 1.47. The SMILES string of the molecule is CCCCON(OC)C(=O)c1ccc(Cl)cc1. The number of unbranched alkanes of at least 4 members (excludes halogenated alkanes) is 1. The fraction of sp³-hybridized carbons (Fsp3) is 0.417. The van der Waals surface area contributed by atoms with Gasteiger partial charge in [0.15, 0.2) is 0 Å². The summed E-state index contributed by atoms with van der Waals surface area (Å²) in [6, 6.07) is 6.54. The standard InChI is InChI=1S/C12H16ClNO3/c1-3-4-9-17-14(16-2)12(15)10-5-7-11(13)8-6-10/h5-8H,3-4,9H2,1-2H3. The van der Waals surface area contributed by atoms with Gasteiger partial charge in [0.1, 0.15) is 0 Å². The van der Waals surface area contributed by atoms with Gasteiger partial charge in [-0.2, -0.15) is 0 Å². The first kappa shape index (κ1) is 14.0. The number of carbonyl (C=O) groups is 1. The minimum Gasteiger partial charge on any atom is -0.264 e. The Bertz CT molecular complexity index is 353. The van der Waals surface area contributed by atoms with Gasteiger partial charge in [-0.3, -0.25) is 4.79 Å². The third-order valence-corrected chi connectivity index (χ3v) is 2.38. The van der Waals surface area contributed by atoms with E-state index in [0.29, 0.717) is 17.2 Å². The largest absolute Gasteiger partial charge is 0.303 e. The lowest BCUT2D eigenvalue weighted by molar-refractivity contribution is -0.314. The van der Waals surface area contributed by atoms with Gasteiger partial charge in [-0.15, -0.1) is 0 Å². The van der Waals surface area contributed by atoms with E-state index in [-0.39, 0.29) is 5.91 Å². The van der Waals surface area contributed by atoms with E-state index in [4.69, 9.17) is 21.3 Å². The molecule has 0 saturated carbocycles. The predicted octanol–water partition coefficient (Wildman–Crippen LogP) is 3.08. The van der Waals surface area contributed by atoms with E-state index in [1.165, 1.54) is 7.11 Å². The molecule has 4 nitrogen and oxygen atoms in total. The maximum Gasteiger partial charge on any atom is 0.303 e. The molecule has 0 N–H and O–H groups in total. The second kappa shape index (κ2) is 7.27. The molecular weight excluding hydrogens is 242 g/mol. The molecule has 0 radical (unpaired) electrons. The van der Waals surface area contributed by atoms with Crippen molar-refractivity contribution in [3.8, 4) is 0 Å². The molecule has 5 heteroatoms. The van der Waals surface area contributed by atoms with Crippen molar-refractivity contribution >= 4 is 17.5 Å². The molecule has 1 rings (SSSR count). The highest BCUT2D eigenvalue weighted by Crippen LogP contribution is 2.12. The zero-order chi connectivity index (χ0) is 12.7. The molecule has 1 amide bonds. The van der Waals surface area contributed by atoms with Gasteiger partial charge in [0, 0.05) is 10.6 Å². The summed E-state index contributed by atoms with van der Waals surface area (Å²) in [5.41, 5.74) is 0.466. The summed E-state index contributed by atoms with van der Waals surface area (Å²) >= 11 is 5.74. The number of benzene rings is 1. The summed E-state index contributed by atoms with van der Waals surface area (Å²) < 4.78 is 0.